The van der Waals surface area contributed by atoms with E-state index in [1.54, 1.807) is 6.07 Å². The van der Waals surface area contributed by atoms with Crippen LogP contribution in [0.4, 0.5) is 13.2 Å². The van der Waals surface area contributed by atoms with Gasteiger partial charge in [0.05, 0.1) is 18.5 Å². The normalized spacial score (nSPS) is 17.5. The molecule has 5 rings (SSSR count). The minimum absolute atomic E-state index is 0.0254. The molecule has 1 N–H and O–H groups in total. The zero-order valence-corrected chi connectivity index (χ0v) is 25.9. The van der Waals surface area contributed by atoms with Crippen LogP contribution < -0.4 is 10.1 Å². The Balaban J connectivity index is 1.47. The number of esters is 1. The van der Waals surface area contributed by atoms with E-state index in [1.165, 1.54) is 24.1 Å². The van der Waals surface area contributed by atoms with Gasteiger partial charge in [0.2, 0.25) is 0 Å². The number of carbonyl (C=O) groups excluding carboxylic acids is 1. The Kier molecular flexibility index (Phi) is 9.48. The monoisotopic (exact) mass is 610 g/mol. The summed E-state index contributed by atoms with van der Waals surface area (Å²) in [5, 5.41) is 7.35. The summed E-state index contributed by atoms with van der Waals surface area (Å²) < 4.78 is 54.5. The van der Waals surface area contributed by atoms with Gasteiger partial charge in [-0.25, -0.2) is 14.5 Å². The van der Waals surface area contributed by atoms with Crippen molar-refractivity contribution in [1.82, 2.24) is 20.1 Å². The second-order valence-corrected chi connectivity index (χ2v) is 12.1. The van der Waals surface area contributed by atoms with Gasteiger partial charge >= 0.3 is 12.1 Å². The molecule has 7 nitrogen and oxygen atoms in total. The highest BCUT2D eigenvalue weighted by atomic mass is 19.4. The highest BCUT2D eigenvalue weighted by Crippen LogP contribution is 2.44. The summed E-state index contributed by atoms with van der Waals surface area (Å²) >= 11 is 0. The second-order valence-electron chi connectivity index (χ2n) is 12.1. The number of piperidine rings is 1. The van der Waals surface area contributed by atoms with Gasteiger partial charge in [-0.2, -0.15) is 18.3 Å². The summed E-state index contributed by atoms with van der Waals surface area (Å²) in [6.07, 6.45) is 1.86. The molecule has 236 valence electrons. The molecule has 0 spiro atoms. The molecule has 0 radical (unpaired) electrons. The van der Waals surface area contributed by atoms with Crippen molar-refractivity contribution in [1.29, 1.82) is 0 Å². The maximum absolute atomic E-state index is 14.2. The smallest absolute Gasteiger partial charge is 0.434 e. The molecule has 2 aliphatic rings. The predicted molar refractivity (Wildman–Crippen MR) is 163 cm³/mol. The first-order valence-corrected chi connectivity index (χ1v) is 15.5. The lowest BCUT2D eigenvalue weighted by molar-refractivity contribution is -0.143. The lowest BCUT2D eigenvalue weighted by Crippen LogP contribution is -2.27. The fourth-order valence-corrected chi connectivity index (χ4v) is 6.51. The number of carbonyl (C=O) groups is 1. The minimum atomic E-state index is -4.85. The van der Waals surface area contributed by atoms with Crippen molar-refractivity contribution in [3.63, 3.8) is 0 Å². The summed E-state index contributed by atoms with van der Waals surface area (Å²) in [5.41, 5.74) is 3.30. The van der Waals surface area contributed by atoms with E-state index >= 15 is 0 Å². The number of allylic oxidation sites excluding steroid dienone is 1. The number of ether oxygens (including phenoxy) is 2. The first kappa shape index (κ1) is 31.8. The number of aryl methyl sites for hydroxylation is 1. The van der Waals surface area contributed by atoms with Crippen LogP contribution >= 0.6 is 0 Å². The van der Waals surface area contributed by atoms with Crippen molar-refractivity contribution in [2.75, 3.05) is 26.3 Å². The maximum atomic E-state index is 14.2. The van der Waals surface area contributed by atoms with Gasteiger partial charge in [0.1, 0.15) is 17.9 Å². The summed E-state index contributed by atoms with van der Waals surface area (Å²) in [7, 11) is 0. The standard InChI is InChI=1S/C34H41F3N4O3/c1-5-22-19-24(12-13-25(22)23-14-17-38-18-15-23)44-21-28-26(9-8-16-33(28,3)4)29-10-7-11-30(40-29)41-31(34(35,36)37)27(20-39-41)32(42)43-6-2/h7,10-13,19-20,23,38H,5-6,8-9,14-18,21H2,1-4H3. The van der Waals surface area contributed by atoms with Crippen LogP contribution in [0.15, 0.2) is 48.2 Å². The first-order chi connectivity index (χ1) is 21.0. The molecule has 10 heteroatoms. The molecule has 2 aromatic heterocycles. The first-order valence-electron chi connectivity index (χ1n) is 15.5. The van der Waals surface area contributed by atoms with Crippen LogP contribution in [0.1, 0.15) is 98.6 Å². The Morgan fingerprint density at radius 2 is 1.91 bits per heavy atom. The molecule has 3 aromatic rings. The Labute approximate surface area is 256 Å². The largest absolute Gasteiger partial charge is 0.489 e. The SMILES string of the molecule is CCOC(=O)c1cnn(-c2cccc(C3=C(COc4ccc(C5CCNCC5)c(CC)c4)C(C)(C)CCC3)n2)c1C(F)(F)F. The van der Waals surface area contributed by atoms with E-state index in [0.717, 1.165) is 74.7 Å². The number of rotatable bonds is 9. The zero-order valence-electron chi connectivity index (χ0n) is 25.9. The molecule has 0 atom stereocenters. The average Bonchev–Trinajstić information content (AvgIpc) is 3.47. The third-order valence-electron chi connectivity index (χ3n) is 8.86. The molecule has 0 saturated carbocycles. The molecular formula is C34H41F3N4O3. The molecule has 1 aliphatic heterocycles. The molecule has 0 bridgehead atoms. The van der Waals surface area contributed by atoms with E-state index in [9.17, 15) is 18.0 Å². The summed E-state index contributed by atoms with van der Waals surface area (Å²) in [4.78, 5) is 16.9. The minimum Gasteiger partial charge on any atom is -0.489 e. The van der Waals surface area contributed by atoms with E-state index < -0.39 is 23.4 Å². The van der Waals surface area contributed by atoms with Gasteiger partial charge in [0.15, 0.2) is 11.5 Å². The molecule has 1 saturated heterocycles. The fraction of sp³-hybridized carbons (Fsp3) is 0.500. The zero-order chi connectivity index (χ0) is 31.5. The van der Waals surface area contributed by atoms with Crippen molar-refractivity contribution in [2.45, 2.75) is 78.3 Å². The van der Waals surface area contributed by atoms with Crippen LogP contribution in [0.2, 0.25) is 0 Å². The van der Waals surface area contributed by atoms with Crippen molar-refractivity contribution in [3.8, 4) is 11.6 Å². The third-order valence-corrected chi connectivity index (χ3v) is 8.86. The topological polar surface area (TPSA) is 78.3 Å². The number of benzene rings is 1. The number of nitrogens with zero attached hydrogens (tertiary/aromatic N) is 3. The van der Waals surface area contributed by atoms with E-state index in [2.05, 4.69) is 54.4 Å². The van der Waals surface area contributed by atoms with Crippen molar-refractivity contribution >= 4 is 11.5 Å². The third kappa shape index (κ3) is 6.70. The van der Waals surface area contributed by atoms with Crippen LogP contribution in [-0.4, -0.2) is 47.0 Å². The molecular weight excluding hydrogens is 569 g/mol. The Hall–Kier alpha value is -3.66. The van der Waals surface area contributed by atoms with Gasteiger partial charge in [-0.15, -0.1) is 0 Å². The average molecular weight is 611 g/mol. The van der Waals surface area contributed by atoms with Gasteiger partial charge in [0, 0.05) is 0 Å². The van der Waals surface area contributed by atoms with Crippen molar-refractivity contribution < 1.29 is 27.4 Å². The van der Waals surface area contributed by atoms with E-state index in [4.69, 9.17) is 9.47 Å². The van der Waals surface area contributed by atoms with Crippen molar-refractivity contribution in [3.05, 3.63) is 76.2 Å². The number of alkyl halides is 3. The van der Waals surface area contributed by atoms with Crippen LogP contribution in [0.25, 0.3) is 11.4 Å². The molecule has 0 unspecified atom stereocenters. The van der Waals surface area contributed by atoms with Gasteiger partial charge in [-0.3, -0.25) is 0 Å². The summed E-state index contributed by atoms with van der Waals surface area (Å²) in [6, 6.07) is 11.4. The van der Waals surface area contributed by atoms with Gasteiger partial charge in [-0.05, 0) is 116 Å². The summed E-state index contributed by atoms with van der Waals surface area (Å²) in [6.45, 7) is 10.4. The Bertz CT molecular complexity index is 1520. The Morgan fingerprint density at radius 1 is 1.14 bits per heavy atom. The van der Waals surface area contributed by atoms with Gasteiger partial charge in [-0.1, -0.05) is 32.9 Å². The fourth-order valence-electron chi connectivity index (χ4n) is 6.51. The summed E-state index contributed by atoms with van der Waals surface area (Å²) in [5.74, 6) is 0.273. The number of aromatic nitrogens is 3. The second kappa shape index (κ2) is 13.1. The molecule has 3 heterocycles. The molecule has 1 aliphatic carbocycles. The lowest BCUT2D eigenvalue weighted by Gasteiger charge is -2.35. The van der Waals surface area contributed by atoms with Gasteiger partial charge in [0.25, 0.3) is 0 Å². The molecule has 1 aromatic carbocycles. The van der Waals surface area contributed by atoms with Crippen LogP contribution in [0.5, 0.6) is 5.75 Å². The van der Waals surface area contributed by atoms with E-state index in [0.29, 0.717) is 22.9 Å². The number of pyridine rings is 1. The van der Waals surface area contributed by atoms with Crippen LogP contribution in [0, 0.1) is 5.41 Å². The van der Waals surface area contributed by atoms with E-state index in [1.807, 2.05) is 6.07 Å². The van der Waals surface area contributed by atoms with Gasteiger partial charge < -0.3 is 14.8 Å². The highest BCUT2D eigenvalue weighted by Gasteiger charge is 2.41. The molecule has 1 fully saturated rings. The molecule has 44 heavy (non-hydrogen) atoms. The highest BCUT2D eigenvalue weighted by molar-refractivity contribution is 5.90. The Morgan fingerprint density at radius 3 is 2.61 bits per heavy atom. The lowest BCUT2D eigenvalue weighted by atomic mass is 9.72. The van der Waals surface area contributed by atoms with E-state index in [-0.39, 0.29) is 17.8 Å². The van der Waals surface area contributed by atoms with Crippen molar-refractivity contribution in [2.24, 2.45) is 5.41 Å². The number of hydrogen-bond acceptors (Lipinski definition) is 6. The number of halogens is 3. The molecule has 0 amide bonds. The quantitative estimate of drug-likeness (QED) is 0.252. The predicted octanol–water partition coefficient (Wildman–Crippen LogP) is 7.53. The van der Waals surface area contributed by atoms with Crippen LogP contribution in [0.3, 0.4) is 0 Å². The van der Waals surface area contributed by atoms with Crippen LogP contribution in [-0.2, 0) is 17.3 Å². The number of nitrogens with one attached hydrogen (secondary N) is 1. The maximum Gasteiger partial charge on any atom is 0.434 e. The number of hydrogen-bond donors (Lipinski definition) is 1.